The smallest absolute Gasteiger partial charge is 0.191 e. The molecule has 98 valence electrons. The minimum Gasteiger partial charge on any atom is -0.417 e. The van der Waals surface area contributed by atoms with Crippen molar-refractivity contribution in [1.82, 2.24) is 0 Å². The molecule has 0 bridgehead atoms. The lowest BCUT2D eigenvalue weighted by Gasteiger charge is -2.37. The normalized spacial score (nSPS) is 14.1. The molecule has 1 nitrogen and oxygen atoms in total. The molecule has 17 heavy (non-hydrogen) atoms. The second-order valence-electron chi connectivity index (χ2n) is 6.21. The van der Waals surface area contributed by atoms with Crippen LogP contribution >= 0.6 is 0 Å². The SMILES string of the molecule is C#CC[C@@H](CCC=C)CO[Si](C)(C)C(C)(C)C. The Bertz CT molecular complexity index is 268. The van der Waals surface area contributed by atoms with Crippen molar-refractivity contribution in [3.63, 3.8) is 0 Å². The first kappa shape index (κ1) is 16.5. The first-order chi connectivity index (χ1) is 7.74. The van der Waals surface area contributed by atoms with Crippen LogP contribution < -0.4 is 0 Å². The van der Waals surface area contributed by atoms with Crippen LogP contribution in [0.4, 0.5) is 0 Å². The zero-order valence-electron chi connectivity index (χ0n) is 12.2. The van der Waals surface area contributed by atoms with Gasteiger partial charge >= 0.3 is 0 Å². The number of hydrogen-bond acceptors (Lipinski definition) is 1. The fraction of sp³-hybridized carbons (Fsp3) is 0.733. The molecule has 0 aliphatic carbocycles. The van der Waals surface area contributed by atoms with Crippen molar-refractivity contribution in [2.45, 2.75) is 58.2 Å². The van der Waals surface area contributed by atoms with Crippen LogP contribution in [0.1, 0.15) is 40.0 Å². The van der Waals surface area contributed by atoms with Crippen LogP contribution in [-0.2, 0) is 4.43 Å². The topological polar surface area (TPSA) is 9.23 Å². The molecular formula is C15H28OSi. The van der Waals surface area contributed by atoms with Crippen molar-refractivity contribution >= 4 is 8.32 Å². The molecule has 2 heteroatoms. The van der Waals surface area contributed by atoms with Crippen molar-refractivity contribution in [2.75, 3.05) is 6.61 Å². The van der Waals surface area contributed by atoms with Crippen molar-refractivity contribution < 1.29 is 4.43 Å². The number of rotatable bonds is 7. The van der Waals surface area contributed by atoms with E-state index in [4.69, 9.17) is 10.8 Å². The molecule has 0 saturated heterocycles. The maximum absolute atomic E-state index is 6.21. The predicted molar refractivity (Wildman–Crippen MR) is 79.5 cm³/mol. The summed E-state index contributed by atoms with van der Waals surface area (Å²) in [6.07, 6.45) is 10.3. The van der Waals surface area contributed by atoms with Crippen LogP contribution in [-0.4, -0.2) is 14.9 Å². The fourth-order valence-corrected chi connectivity index (χ4v) is 2.39. The minimum atomic E-state index is -1.63. The summed E-state index contributed by atoms with van der Waals surface area (Å²) < 4.78 is 6.21. The lowest BCUT2D eigenvalue weighted by atomic mass is 10.0. The maximum atomic E-state index is 6.21. The summed E-state index contributed by atoms with van der Waals surface area (Å²) in [5, 5.41) is 0.270. The quantitative estimate of drug-likeness (QED) is 0.365. The molecule has 0 aromatic carbocycles. The Balaban J connectivity index is 4.29. The van der Waals surface area contributed by atoms with E-state index < -0.39 is 8.32 Å². The van der Waals surface area contributed by atoms with Crippen LogP contribution in [0.25, 0.3) is 0 Å². The van der Waals surface area contributed by atoms with Gasteiger partial charge in [0.1, 0.15) is 0 Å². The van der Waals surface area contributed by atoms with E-state index in [0.29, 0.717) is 5.92 Å². The van der Waals surface area contributed by atoms with E-state index in [1.165, 1.54) is 0 Å². The minimum absolute atomic E-state index is 0.270. The summed E-state index contributed by atoms with van der Waals surface area (Å²) in [5.41, 5.74) is 0. The van der Waals surface area contributed by atoms with E-state index in [-0.39, 0.29) is 5.04 Å². The van der Waals surface area contributed by atoms with Gasteiger partial charge < -0.3 is 4.43 Å². The molecule has 0 aromatic heterocycles. The van der Waals surface area contributed by atoms with Gasteiger partial charge in [0.25, 0.3) is 0 Å². The number of allylic oxidation sites excluding steroid dienone is 1. The summed E-state index contributed by atoms with van der Waals surface area (Å²) in [6.45, 7) is 15.9. The van der Waals surface area contributed by atoms with E-state index in [9.17, 15) is 0 Å². The van der Waals surface area contributed by atoms with E-state index in [1.807, 2.05) is 6.08 Å². The van der Waals surface area contributed by atoms with Crippen LogP contribution in [0, 0.1) is 18.3 Å². The standard InChI is InChI=1S/C15H28OSi/c1-8-10-12-14(11-9-2)13-16-17(6,7)15(3,4)5/h2,8,14H,1,10-13H2,3-7H3/t14-/m0/s1. The van der Waals surface area contributed by atoms with E-state index in [0.717, 1.165) is 25.9 Å². The largest absolute Gasteiger partial charge is 0.417 e. The van der Waals surface area contributed by atoms with Gasteiger partial charge in [0.05, 0.1) is 0 Å². The summed E-state index contributed by atoms with van der Waals surface area (Å²) in [4.78, 5) is 0. The molecule has 0 aliphatic rings. The van der Waals surface area contributed by atoms with Gasteiger partial charge in [-0.25, -0.2) is 0 Å². The molecule has 0 aliphatic heterocycles. The van der Waals surface area contributed by atoms with Gasteiger partial charge in [0.2, 0.25) is 0 Å². The van der Waals surface area contributed by atoms with Gasteiger partial charge in [-0.2, -0.15) is 0 Å². The van der Waals surface area contributed by atoms with Crippen molar-refractivity contribution in [2.24, 2.45) is 5.92 Å². The molecule has 0 heterocycles. The lowest BCUT2D eigenvalue weighted by Crippen LogP contribution is -2.41. The highest BCUT2D eigenvalue weighted by Gasteiger charge is 2.37. The Morgan fingerprint density at radius 3 is 2.41 bits per heavy atom. The van der Waals surface area contributed by atoms with E-state index in [2.05, 4.69) is 46.4 Å². The van der Waals surface area contributed by atoms with Crippen molar-refractivity contribution in [3.8, 4) is 12.3 Å². The third-order valence-corrected chi connectivity index (χ3v) is 8.17. The second-order valence-corrected chi connectivity index (χ2v) is 11.0. The highest BCUT2D eigenvalue weighted by Crippen LogP contribution is 2.37. The van der Waals surface area contributed by atoms with Crippen molar-refractivity contribution in [1.29, 1.82) is 0 Å². The van der Waals surface area contributed by atoms with Gasteiger partial charge in [-0.3, -0.25) is 0 Å². The molecule has 0 fully saturated rings. The third kappa shape index (κ3) is 6.09. The average Bonchev–Trinajstić information content (AvgIpc) is 2.20. The molecule has 0 N–H and O–H groups in total. The summed E-state index contributed by atoms with van der Waals surface area (Å²) in [7, 11) is -1.63. The Morgan fingerprint density at radius 2 is 2.00 bits per heavy atom. The molecule has 0 radical (unpaired) electrons. The highest BCUT2D eigenvalue weighted by atomic mass is 28.4. The second kappa shape index (κ2) is 7.03. The zero-order valence-corrected chi connectivity index (χ0v) is 13.2. The van der Waals surface area contributed by atoms with Crippen molar-refractivity contribution in [3.05, 3.63) is 12.7 Å². The Labute approximate surface area is 109 Å². The molecule has 0 aromatic rings. The Hall–Kier alpha value is -0.523. The first-order valence-electron chi connectivity index (χ1n) is 6.43. The van der Waals surface area contributed by atoms with Crippen LogP contribution in [0.2, 0.25) is 18.1 Å². The third-order valence-electron chi connectivity index (χ3n) is 3.67. The van der Waals surface area contributed by atoms with Gasteiger partial charge in [-0.15, -0.1) is 18.9 Å². The Kier molecular flexibility index (Phi) is 6.82. The molecular weight excluding hydrogens is 224 g/mol. The fourth-order valence-electron chi connectivity index (χ4n) is 1.31. The lowest BCUT2D eigenvalue weighted by molar-refractivity contribution is 0.223. The molecule has 0 saturated carbocycles. The molecule has 0 amide bonds. The summed E-state index contributed by atoms with van der Waals surface area (Å²) in [6, 6.07) is 0. The Morgan fingerprint density at radius 1 is 1.41 bits per heavy atom. The van der Waals surface area contributed by atoms with E-state index in [1.54, 1.807) is 0 Å². The van der Waals surface area contributed by atoms with Gasteiger partial charge in [0, 0.05) is 13.0 Å². The van der Waals surface area contributed by atoms with Gasteiger partial charge in [0.15, 0.2) is 8.32 Å². The highest BCUT2D eigenvalue weighted by molar-refractivity contribution is 6.74. The maximum Gasteiger partial charge on any atom is 0.191 e. The van der Waals surface area contributed by atoms with Crippen LogP contribution in [0.3, 0.4) is 0 Å². The summed E-state index contributed by atoms with van der Waals surface area (Å²) in [5.74, 6) is 3.23. The van der Waals surface area contributed by atoms with Gasteiger partial charge in [-0.05, 0) is 36.9 Å². The van der Waals surface area contributed by atoms with E-state index >= 15 is 0 Å². The molecule has 0 unspecified atom stereocenters. The van der Waals surface area contributed by atoms with Crippen LogP contribution in [0.5, 0.6) is 0 Å². The molecule has 1 atom stereocenters. The van der Waals surface area contributed by atoms with Gasteiger partial charge in [-0.1, -0.05) is 26.8 Å². The number of terminal acetylenes is 1. The predicted octanol–water partition coefficient (Wildman–Crippen LogP) is 4.61. The number of hydrogen-bond donors (Lipinski definition) is 0. The molecule has 0 rings (SSSR count). The first-order valence-corrected chi connectivity index (χ1v) is 9.33. The monoisotopic (exact) mass is 252 g/mol. The average molecular weight is 252 g/mol. The summed E-state index contributed by atoms with van der Waals surface area (Å²) >= 11 is 0. The van der Waals surface area contributed by atoms with Crippen LogP contribution in [0.15, 0.2) is 12.7 Å². The molecule has 0 spiro atoms. The zero-order chi connectivity index (χ0) is 13.5.